The van der Waals surface area contributed by atoms with Crippen molar-refractivity contribution >= 4 is 17.3 Å². The van der Waals surface area contributed by atoms with Gasteiger partial charge in [-0.25, -0.2) is 0 Å². The zero-order valence-corrected chi connectivity index (χ0v) is 13.9. The maximum absolute atomic E-state index is 12.4. The number of methoxy groups -OCH3 is 1. The Kier molecular flexibility index (Phi) is 5.31. The molecule has 0 saturated heterocycles. The third kappa shape index (κ3) is 4.25. The number of anilines is 2. The molecule has 0 bridgehead atoms. The number of hydrogen-bond acceptors (Lipinski definition) is 4. The summed E-state index contributed by atoms with van der Waals surface area (Å²) < 4.78 is 5.11. The molecule has 2 aromatic rings. The van der Waals surface area contributed by atoms with Gasteiger partial charge in [0.25, 0.3) is 5.91 Å². The molecule has 0 atom stereocenters. The van der Waals surface area contributed by atoms with Crippen molar-refractivity contribution in [3.8, 4) is 5.75 Å². The van der Waals surface area contributed by atoms with Crippen molar-refractivity contribution in [1.29, 1.82) is 0 Å². The van der Waals surface area contributed by atoms with Crippen molar-refractivity contribution in [3.05, 3.63) is 48.3 Å². The van der Waals surface area contributed by atoms with Gasteiger partial charge in [-0.3, -0.25) is 9.78 Å². The van der Waals surface area contributed by atoms with Crippen molar-refractivity contribution in [2.24, 2.45) is 0 Å². The number of benzene rings is 1. The molecule has 1 aliphatic carbocycles. The van der Waals surface area contributed by atoms with Gasteiger partial charge in [-0.05, 0) is 49.2 Å². The van der Waals surface area contributed by atoms with Crippen LogP contribution in [0.25, 0.3) is 0 Å². The van der Waals surface area contributed by atoms with E-state index < -0.39 is 0 Å². The van der Waals surface area contributed by atoms with Gasteiger partial charge < -0.3 is 15.4 Å². The van der Waals surface area contributed by atoms with Crippen LogP contribution in [0.4, 0.5) is 11.4 Å². The lowest BCUT2D eigenvalue weighted by Crippen LogP contribution is -2.22. The van der Waals surface area contributed by atoms with Crippen LogP contribution < -0.4 is 15.4 Å². The van der Waals surface area contributed by atoms with Gasteiger partial charge in [0, 0.05) is 23.6 Å². The number of pyridine rings is 1. The fraction of sp³-hybridized carbons (Fsp3) is 0.368. The highest BCUT2D eigenvalue weighted by Crippen LogP contribution is 2.22. The summed E-state index contributed by atoms with van der Waals surface area (Å²) in [6.45, 7) is 0. The molecule has 1 saturated carbocycles. The molecular formula is C19H23N3O2. The van der Waals surface area contributed by atoms with Crippen LogP contribution >= 0.6 is 0 Å². The molecule has 0 radical (unpaired) electrons. The quantitative estimate of drug-likeness (QED) is 0.869. The summed E-state index contributed by atoms with van der Waals surface area (Å²) in [7, 11) is 1.61. The summed E-state index contributed by atoms with van der Waals surface area (Å²) in [5.74, 6) is 0.539. The molecule has 0 aliphatic heterocycles. The molecular weight excluding hydrogens is 302 g/mol. The fourth-order valence-corrected chi connectivity index (χ4v) is 3.00. The van der Waals surface area contributed by atoms with Crippen molar-refractivity contribution in [1.82, 2.24) is 4.98 Å². The monoisotopic (exact) mass is 325 g/mol. The van der Waals surface area contributed by atoms with E-state index in [1.54, 1.807) is 25.4 Å². The summed E-state index contributed by atoms with van der Waals surface area (Å²) >= 11 is 0. The van der Waals surface area contributed by atoms with Crippen LogP contribution in [0.2, 0.25) is 0 Å². The minimum Gasteiger partial charge on any atom is -0.497 e. The zero-order valence-electron chi connectivity index (χ0n) is 13.9. The van der Waals surface area contributed by atoms with Crippen molar-refractivity contribution in [3.63, 3.8) is 0 Å². The average molecular weight is 325 g/mol. The van der Waals surface area contributed by atoms with Crippen LogP contribution in [0.1, 0.15) is 42.6 Å². The van der Waals surface area contributed by atoms with Crippen LogP contribution in [-0.2, 0) is 0 Å². The molecule has 0 unspecified atom stereocenters. The predicted molar refractivity (Wildman–Crippen MR) is 95.7 cm³/mol. The van der Waals surface area contributed by atoms with Gasteiger partial charge in [-0.15, -0.1) is 0 Å². The number of carbonyl (C=O) groups excluding carboxylic acids is 1. The van der Waals surface area contributed by atoms with Crippen LogP contribution in [0, 0.1) is 0 Å². The number of amides is 1. The van der Waals surface area contributed by atoms with E-state index >= 15 is 0 Å². The van der Waals surface area contributed by atoms with Crippen molar-refractivity contribution < 1.29 is 9.53 Å². The van der Waals surface area contributed by atoms with Gasteiger partial charge >= 0.3 is 0 Å². The largest absolute Gasteiger partial charge is 0.497 e. The van der Waals surface area contributed by atoms with Crippen LogP contribution in [-0.4, -0.2) is 24.0 Å². The summed E-state index contributed by atoms with van der Waals surface area (Å²) in [6, 6.07) is 11.5. The Labute approximate surface area is 142 Å². The maximum atomic E-state index is 12.4. The van der Waals surface area contributed by atoms with Gasteiger partial charge in [-0.2, -0.15) is 0 Å². The van der Waals surface area contributed by atoms with E-state index in [2.05, 4.69) is 15.6 Å². The normalized spacial score (nSPS) is 14.9. The summed E-state index contributed by atoms with van der Waals surface area (Å²) in [5.41, 5.74) is 2.08. The van der Waals surface area contributed by atoms with E-state index in [4.69, 9.17) is 4.74 Å². The smallest absolute Gasteiger partial charge is 0.274 e. The molecule has 5 heteroatoms. The van der Waals surface area contributed by atoms with E-state index in [-0.39, 0.29) is 5.91 Å². The Morgan fingerprint density at radius 3 is 2.54 bits per heavy atom. The molecule has 126 valence electrons. The summed E-state index contributed by atoms with van der Waals surface area (Å²) in [6.07, 6.45) is 7.92. The lowest BCUT2D eigenvalue weighted by Gasteiger charge is -2.23. The van der Waals surface area contributed by atoms with Gasteiger partial charge in [0.05, 0.1) is 7.11 Å². The lowest BCUT2D eigenvalue weighted by molar-refractivity contribution is 0.102. The molecule has 1 aromatic heterocycles. The van der Waals surface area contributed by atoms with Crippen molar-refractivity contribution in [2.45, 2.75) is 38.1 Å². The third-order valence-corrected chi connectivity index (χ3v) is 4.32. The van der Waals surface area contributed by atoms with E-state index in [9.17, 15) is 4.79 Å². The number of hydrogen-bond donors (Lipinski definition) is 2. The standard InChI is InChI=1S/C19H23N3O2/c1-24-17-9-7-15(8-10-17)22-19(23)18-13-16(11-12-20-18)21-14-5-3-2-4-6-14/h7-14H,2-6H2,1H3,(H,20,21)(H,22,23). The molecule has 0 spiro atoms. The van der Waals surface area contributed by atoms with Crippen LogP contribution in [0.15, 0.2) is 42.6 Å². The minimum atomic E-state index is -0.215. The Hall–Kier alpha value is -2.56. The molecule has 1 fully saturated rings. The lowest BCUT2D eigenvalue weighted by atomic mass is 9.95. The van der Waals surface area contributed by atoms with Gasteiger partial charge in [-0.1, -0.05) is 19.3 Å². The van der Waals surface area contributed by atoms with Crippen molar-refractivity contribution in [2.75, 3.05) is 17.7 Å². The highest BCUT2D eigenvalue weighted by Gasteiger charge is 2.14. The molecule has 3 rings (SSSR count). The van der Waals surface area contributed by atoms with Crippen LogP contribution in [0.5, 0.6) is 5.75 Å². The third-order valence-electron chi connectivity index (χ3n) is 4.32. The highest BCUT2D eigenvalue weighted by atomic mass is 16.5. The first-order valence-corrected chi connectivity index (χ1v) is 8.42. The van der Waals surface area contributed by atoms with Gasteiger partial charge in [0.15, 0.2) is 0 Å². The minimum absolute atomic E-state index is 0.215. The number of rotatable bonds is 5. The second kappa shape index (κ2) is 7.81. The fourth-order valence-electron chi connectivity index (χ4n) is 3.00. The van der Waals surface area contributed by atoms with E-state index in [1.807, 2.05) is 24.3 Å². The first-order valence-electron chi connectivity index (χ1n) is 8.42. The molecule has 1 heterocycles. The van der Waals surface area contributed by atoms with E-state index in [1.165, 1.54) is 32.1 Å². The second-order valence-corrected chi connectivity index (χ2v) is 6.09. The van der Waals surface area contributed by atoms with Crippen LogP contribution in [0.3, 0.4) is 0 Å². The summed E-state index contributed by atoms with van der Waals surface area (Å²) in [4.78, 5) is 16.6. The highest BCUT2D eigenvalue weighted by molar-refractivity contribution is 6.03. The molecule has 2 N–H and O–H groups in total. The van der Waals surface area contributed by atoms with Gasteiger partial charge in [0.1, 0.15) is 11.4 Å². The Morgan fingerprint density at radius 2 is 1.83 bits per heavy atom. The SMILES string of the molecule is COc1ccc(NC(=O)c2cc(NC3CCCCC3)ccn2)cc1. The molecule has 1 amide bonds. The number of ether oxygens (including phenoxy) is 1. The molecule has 1 aromatic carbocycles. The first kappa shape index (κ1) is 16.3. The topological polar surface area (TPSA) is 63.2 Å². The van der Waals surface area contributed by atoms with Gasteiger partial charge in [0.2, 0.25) is 0 Å². The maximum Gasteiger partial charge on any atom is 0.274 e. The molecule has 1 aliphatic rings. The number of nitrogens with zero attached hydrogens (tertiary/aromatic N) is 1. The number of aromatic nitrogens is 1. The molecule has 5 nitrogen and oxygen atoms in total. The number of carbonyl (C=O) groups is 1. The Balaban J connectivity index is 1.64. The van der Waals surface area contributed by atoms with E-state index in [0.717, 1.165) is 11.4 Å². The van der Waals surface area contributed by atoms with E-state index in [0.29, 0.717) is 17.4 Å². The zero-order chi connectivity index (χ0) is 16.8. The Bertz CT molecular complexity index is 679. The molecule has 24 heavy (non-hydrogen) atoms. The first-order chi connectivity index (χ1) is 11.7. The number of nitrogens with one attached hydrogen (secondary N) is 2. The Morgan fingerprint density at radius 1 is 1.08 bits per heavy atom. The second-order valence-electron chi connectivity index (χ2n) is 6.09. The average Bonchev–Trinajstić information content (AvgIpc) is 2.63. The summed E-state index contributed by atoms with van der Waals surface area (Å²) in [5, 5.41) is 6.37. The predicted octanol–water partition coefficient (Wildman–Crippen LogP) is 4.09.